The number of esters is 1. The minimum atomic E-state index is -0.257. The van der Waals surface area contributed by atoms with Gasteiger partial charge in [-0.2, -0.15) is 0 Å². The number of piperidine rings is 1. The van der Waals surface area contributed by atoms with E-state index in [1.165, 1.54) is 19.3 Å². The summed E-state index contributed by atoms with van der Waals surface area (Å²) in [6, 6.07) is 1.07. The maximum absolute atomic E-state index is 11.5. The molecular formula is C13H23NO2. The van der Waals surface area contributed by atoms with Gasteiger partial charge in [-0.3, -0.25) is 4.90 Å². The predicted molar refractivity (Wildman–Crippen MR) is 65.3 cm³/mol. The standard InChI is InChI=1S/C13H23NO2/c1-5-16-13(15)10(2)9-14-11(3)7-6-8-12(14)4/h11-12H,2,5-9H2,1,3-4H3/t11-,12+. The third kappa shape index (κ3) is 3.34. The zero-order valence-corrected chi connectivity index (χ0v) is 10.7. The highest BCUT2D eigenvalue weighted by Gasteiger charge is 2.26. The molecule has 0 saturated carbocycles. The molecule has 0 aromatic rings. The van der Waals surface area contributed by atoms with Crippen molar-refractivity contribution in [2.75, 3.05) is 13.2 Å². The van der Waals surface area contributed by atoms with Gasteiger partial charge in [-0.15, -0.1) is 0 Å². The van der Waals surface area contributed by atoms with Gasteiger partial charge in [-0.1, -0.05) is 13.0 Å². The van der Waals surface area contributed by atoms with Gasteiger partial charge in [-0.05, 0) is 33.6 Å². The second kappa shape index (κ2) is 6.04. The Bertz CT molecular complexity index is 253. The molecule has 0 N–H and O–H groups in total. The number of hydrogen-bond donors (Lipinski definition) is 0. The van der Waals surface area contributed by atoms with Crippen LogP contribution in [0.15, 0.2) is 12.2 Å². The fraction of sp³-hybridized carbons (Fsp3) is 0.769. The Labute approximate surface area is 98.5 Å². The number of ether oxygens (including phenoxy) is 1. The van der Waals surface area contributed by atoms with Gasteiger partial charge in [0.15, 0.2) is 0 Å². The fourth-order valence-electron chi connectivity index (χ4n) is 2.30. The predicted octanol–water partition coefficient (Wildman–Crippen LogP) is 2.37. The van der Waals surface area contributed by atoms with Crippen LogP contribution in [0, 0.1) is 0 Å². The van der Waals surface area contributed by atoms with Gasteiger partial charge in [0.2, 0.25) is 0 Å². The lowest BCUT2D eigenvalue weighted by Gasteiger charge is -2.39. The first-order chi connectivity index (χ1) is 7.56. The van der Waals surface area contributed by atoms with Crippen LogP contribution in [-0.2, 0) is 9.53 Å². The Morgan fingerprint density at radius 3 is 2.44 bits per heavy atom. The van der Waals surface area contributed by atoms with E-state index in [2.05, 4.69) is 25.3 Å². The summed E-state index contributed by atoms with van der Waals surface area (Å²) >= 11 is 0. The molecule has 16 heavy (non-hydrogen) atoms. The Kier molecular flexibility index (Phi) is 5.00. The number of hydrogen-bond acceptors (Lipinski definition) is 3. The van der Waals surface area contributed by atoms with Gasteiger partial charge in [0.25, 0.3) is 0 Å². The van der Waals surface area contributed by atoms with Crippen LogP contribution in [-0.4, -0.2) is 36.1 Å². The topological polar surface area (TPSA) is 29.5 Å². The molecule has 3 heteroatoms. The van der Waals surface area contributed by atoms with Gasteiger partial charge in [0.05, 0.1) is 6.61 Å². The minimum absolute atomic E-state index is 0.257. The normalized spacial score (nSPS) is 26.4. The Morgan fingerprint density at radius 2 is 1.94 bits per heavy atom. The molecule has 0 spiro atoms. The molecular weight excluding hydrogens is 202 g/mol. The van der Waals surface area contributed by atoms with Gasteiger partial charge in [0, 0.05) is 24.2 Å². The van der Waals surface area contributed by atoms with Crippen LogP contribution in [0.1, 0.15) is 40.0 Å². The quantitative estimate of drug-likeness (QED) is 0.543. The van der Waals surface area contributed by atoms with E-state index >= 15 is 0 Å². The van der Waals surface area contributed by atoms with Crippen molar-refractivity contribution < 1.29 is 9.53 Å². The van der Waals surface area contributed by atoms with Crippen LogP contribution < -0.4 is 0 Å². The number of rotatable bonds is 4. The highest BCUT2D eigenvalue weighted by atomic mass is 16.5. The highest BCUT2D eigenvalue weighted by molar-refractivity contribution is 5.88. The van der Waals surface area contributed by atoms with E-state index in [1.54, 1.807) is 0 Å². The lowest BCUT2D eigenvalue weighted by molar-refractivity contribution is -0.138. The van der Waals surface area contributed by atoms with Gasteiger partial charge < -0.3 is 4.74 Å². The molecule has 0 aromatic carbocycles. The Balaban J connectivity index is 2.51. The molecule has 3 nitrogen and oxygen atoms in total. The molecule has 1 saturated heterocycles. The van der Waals surface area contributed by atoms with Crippen molar-refractivity contribution in [1.82, 2.24) is 4.90 Å². The molecule has 0 aromatic heterocycles. The molecule has 1 fully saturated rings. The molecule has 92 valence electrons. The largest absolute Gasteiger partial charge is 0.463 e. The van der Waals surface area contributed by atoms with E-state index < -0.39 is 0 Å². The van der Waals surface area contributed by atoms with E-state index in [0.29, 0.717) is 30.8 Å². The summed E-state index contributed by atoms with van der Waals surface area (Å²) in [4.78, 5) is 13.8. The molecule has 1 heterocycles. The average molecular weight is 225 g/mol. The third-order valence-corrected chi connectivity index (χ3v) is 3.31. The first kappa shape index (κ1) is 13.2. The van der Waals surface area contributed by atoms with Crippen LogP contribution in [0.2, 0.25) is 0 Å². The summed E-state index contributed by atoms with van der Waals surface area (Å²) in [6.45, 7) is 11.1. The average Bonchev–Trinajstić information content (AvgIpc) is 2.23. The SMILES string of the molecule is C=C(CN1[C@H](C)CCC[C@@H]1C)C(=O)OCC. The number of carbonyl (C=O) groups is 1. The zero-order valence-electron chi connectivity index (χ0n) is 10.7. The number of carbonyl (C=O) groups excluding carboxylic acids is 1. The van der Waals surface area contributed by atoms with Crippen molar-refractivity contribution in [3.8, 4) is 0 Å². The molecule has 0 bridgehead atoms. The summed E-state index contributed by atoms with van der Waals surface area (Å²) in [7, 11) is 0. The molecule has 2 atom stereocenters. The van der Waals surface area contributed by atoms with Crippen molar-refractivity contribution in [3.63, 3.8) is 0 Å². The van der Waals surface area contributed by atoms with Crippen molar-refractivity contribution in [2.45, 2.75) is 52.1 Å². The Morgan fingerprint density at radius 1 is 1.38 bits per heavy atom. The van der Waals surface area contributed by atoms with Crippen molar-refractivity contribution in [3.05, 3.63) is 12.2 Å². The van der Waals surface area contributed by atoms with Crippen LogP contribution >= 0.6 is 0 Å². The minimum Gasteiger partial charge on any atom is -0.463 e. The van der Waals surface area contributed by atoms with Crippen molar-refractivity contribution >= 4 is 5.97 Å². The third-order valence-electron chi connectivity index (χ3n) is 3.31. The van der Waals surface area contributed by atoms with Crippen molar-refractivity contribution in [1.29, 1.82) is 0 Å². The van der Waals surface area contributed by atoms with Gasteiger partial charge >= 0.3 is 5.97 Å². The number of likely N-dealkylation sites (tertiary alicyclic amines) is 1. The molecule has 0 unspecified atom stereocenters. The summed E-state index contributed by atoms with van der Waals surface area (Å²) in [5.41, 5.74) is 0.572. The Hall–Kier alpha value is -0.830. The zero-order chi connectivity index (χ0) is 12.1. The first-order valence-corrected chi connectivity index (χ1v) is 6.16. The van der Waals surface area contributed by atoms with Crippen LogP contribution in [0.5, 0.6) is 0 Å². The van der Waals surface area contributed by atoms with Gasteiger partial charge in [0.1, 0.15) is 0 Å². The molecule has 1 rings (SSSR count). The summed E-state index contributed by atoms with van der Waals surface area (Å²) in [5, 5.41) is 0. The molecule has 0 amide bonds. The first-order valence-electron chi connectivity index (χ1n) is 6.16. The second-order valence-electron chi connectivity index (χ2n) is 4.63. The van der Waals surface area contributed by atoms with Gasteiger partial charge in [-0.25, -0.2) is 4.79 Å². The van der Waals surface area contributed by atoms with E-state index in [0.717, 1.165) is 0 Å². The van der Waals surface area contributed by atoms with Crippen LogP contribution in [0.25, 0.3) is 0 Å². The molecule has 0 aliphatic carbocycles. The molecule has 1 aliphatic rings. The van der Waals surface area contributed by atoms with Crippen LogP contribution in [0.3, 0.4) is 0 Å². The van der Waals surface area contributed by atoms with E-state index in [-0.39, 0.29) is 5.97 Å². The van der Waals surface area contributed by atoms with E-state index in [1.807, 2.05) is 6.92 Å². The van der Waals surface area contributed by atoms with E-state index in [4.69, 9.17) is 4.74 Å². The lowest BCUT2D eigenvalue weighted by Crippen LogP contribution is -2.45. The molecule has 1 aliphatic heterocycles. The maximum Gasteiger partial charge on any atom is 0.334 e. The fourth-order valence-corrected chi connectivity index (χ4v) is 2.30. The lowest BCUT2D eigenvalue weighted by atomic mass is 9.97. The smallest absolute Gasteiger partial charge is 0.334 e. The summed E-state index contributed by atoms with van der Waals surface area (Å²) < 4.78 is 4.95. The summed E-state index contributed by atoms with van der Waals surface area (Å²) in [6.07, 6.45) is 3.70. The number of nitrogens with zero attached hydrogens (tertiary/aromatic N) is 1. The highest BCUT2D eigenvalue weighted by Crippen LogP contribution is 2.23. The monoisotopic (exact) mass is 225 g/mol. The van der Waals surface area contributed by atoms with Crippen LogP contribution in [0.4, 0.5) is 0 Å². The maximum atomic E-state index is 11.5. The molecule has 0 radical (unpaired) electrons. The van der Waals surface area contributed by atoms with E-state index in [9.17, 15) is 4.79 Å². The summed E-state index contributed by atoms with van der Waals surface area (Å²) in [5.74, 6) is -0.257. The second-order valence-corrected chi connectivity index (χ2v) is 4.63. The van der Waals surface area contributed by atoms with Crippen molar-refractivity contribution in [2.24, 2.45) is 0 Å².